The first-order chi connectivity index (χ1) is 8.25. The quantitative estimate of drug-likeness (QED) is 0.663. The first-order valence-corrected chi connectivity index (χ1v) is 5.27. The molecule has 5 heteroatoms. The van der Waals surface area contributed by atoms with Gasteiger partial charge in [-0.15, -0.1) is 0 Å². The van der Waals surface area contributed by atoms with Crippen molar-refractivity contribution in [3.8, 4) is 11.3 Å². The molecule has 3 aromatic rings. The molecule has 0 aliphatic heterocycles. The Kier molecular flexibility index (Phi) is 2.04. The molecule has 0 saturated heterocycles. The standard InChI is InChI=1S/C12H11N5/c1-7-5-15-12-10(7)17-9(6-16-12)8-3-2-4-14-11(8)13/h2-6H,1H3,(H2,13,14)(H,15,16). The number of hydrogen-bond acceptors (Lipinski definition) is 4. The Hall–Kier alpha value is -2.43. The summed E-state index contributed by atoms with van der Waals surface area (Å²) in [6, 6.07) is 3.72. The van der Waals surface area contributed by atoms with Crippen LogP contribution in [0, 0.1) is 6.92 Å². The van der Waals surface area contributed by atoms with Crippen molar-refractivity contribution in [2.24, 2.45) is 0 Å². The van der Waals surface area contributed by atoms with Gasteiger partial charge in [-0.1, -0.05) is 0 Å². The molecule has 0 bridgehead atoms. The van der Waals surface area contributed by atoms with Crippen LogP contribution in [0.25, 0.3) is 22.4 Å². The fourth-order valence-electron chi connectivity index (χ4n) is 1.78. The van der Waals surface area contributed by atoms with E-state index in [1.54, 1.807) is 12.4 Å². The van der Waals surface area contributed by atoms with Crippen molar-refractivity contribution >= 4 is 17.0 Å². The number of pyridine rings is 1. The van der Waals surface area contributed by atoms with Crippen LogP contribution in [0.3, 0.4) is 0 Å². The molecular weight excluding hydrogens is 214 g/mol. The van der Waals surface area contributed by atoms with Crippen LogP contribution >= 0.6 is 0 Å². The SMILES string of the molecule is Cc1c[nH]c2ncc(-c3cccnc3N)nc12. The second-order valence-electron chi connectivity index (χ2n) is 3.86. The first kappa shape index (κ1) is 9.77. The van der Waals surface area contributed by atoms with Crippen LogP contribution in [-0.4, -0.2) is 19.9 Å². The average molecular weight is 225 g/mol. The summed E-state index contributed by atoms with van der Waals surface area (Å²) in [7, 11) is 0. The number of nitrogen functional groups attached to an aromatic ring is 1. The Balaban J connectivity index is 2.24. The van der Waals surface area contributed by atoms with E-state index >= 15 is 0 Å². The lowest BCUT2D eigenvalue weighted by molar-refractivity contribution is 1.25. The normalized spacial score (nSPS) is 10.9. The van der Waals surface area contributed by atoms with E-state index in [4.69, 9.17) is 5.73 Å². The number of H-pyrrole nitrogens is 1. The zero-order chi connectivity index (χ0) is 11.8. The highest BCUT2D eigenvalue weighted by Crippen LogP contribution is 2.23. The summed E-state index contributed by atoms with van der Waals surface area (Å²) in [4.78, 5) is 16.0. The molecule has 0 fully saturated rings. The van der Waals surface area contributed by atoms with E-state index in [0.29, 0.717) is 5.82 Å². The second kappa shape index (κ2) is 3.55. The van der Waals surface area contributed by atoms with Crippen LogP contribution in [0.4, 0.5) is 5.82 Å². The number of hydrogen-bond donors (Lipinski definition) is 2. The molecule has 5 nitrogen and oxygen atoms in total. The van der Waals surface area contributed by atoms with Gasteiger partial charge in [0, 0.05) is 18.0 Å². The number of aryl methyl sites for hydroxylation is 1. The molecule has 0 unspecified atom stereocenters. The molecular formula is C12H11N5. The zero-order valence-electron chi connectivity index (χ0n) is 9.31. The highest BCUT2D eigenvalue weighted by Gasteiger charge is 2.08. The number of fused-ring (bicyclic) bond motifs is 1. The van der Waals surface area contributed by atoms with Gasteiger partial charge in [-0.05, 0) is 24.6 Å². The predicted octanol–water partition coefficient (Wildman–Crippen LogP) is 1.91. The number of nitrogens with two attached hydrogens (primary N) is 1. The third-order valence-corrected chi connectivity index (χ3v) is 2.69. The van der Waals surface area contributed by atoms with Crippen molar-refractivity contribution in [1.29, 1.82) is 0 Å². The monoisotopic (exact) mass is 225 g/mol. The molecule has 3 N–H and O–H groups in total. The topological polar surface area (TPSA) is 80.5 Å². The number of nitrogens with zero attached hydrogens (tertiary/aromatic N) is 3. The maximum Gasteiger partial charge on any atom is 0.156 e. The maximum absolute atomic E-state index is 5.82. The van der Waals surface area contributed by atoms with Crippen molar-refractivity contribution in [1.82, 2.24) is 19.9 Å². The summed E-state index contributed by atoms with van der Waals surface area (Å²) in [5, 5.41) is 0. The number of nitrogens with one attached hydrogen (secondary N) is 1. The number of rotatable bonds is 1. The minimum absolute atomic E-state index is 0.467. The van der Waals surface area contributed by atoms with Gasteiger partial charge in [0.1, 0.15) is 11.3 Å². The Morgan fingerprint density at radius 3 is 3.00 bits per heavy atom. The third kappa shape index (κ3) is 1.52. The van der Waals surface area contributed by atoms with E-state index in [2.05, 4.69) is 19.9 Å². The molecule has 0 aliphatic rings. The molecule has 84 valence electrons. The van der Waals surface area contributed by atoms with Gasteiger partial charge in [-0.2, -0.15) is 0 Å². The van der Waals surface area contributed by atoms with Crippen LogP contribution in [0.2, 0.25) is 0 Å². The van der Waals surface area contributed by atoms with Gasteiger partial charge in [0.05, 0.1) is 11.9 Å². The van der Waals surface area contributed by atoms with Crippen LogP contribution in [-0.2, 0) is 0 Å². The molecule has 0 amide bonds. The van der Waals surface area contributed by atoms with Gasteiger partial charge in [-0.3, -0.25) is 0 Å². The molecule has 0 spiro atoms. The molecule has 0 atom stereocenters. The van der Waals surface area contributed by atoms with E-state index in [9.17, 15) is 0 Å². The van der Waals surface area contributed by atoms with Gasteiger partial charge in [0.25, 0.3) is 0 Å². The van der Waals surface area contributed by atoms with Crippen LogP contribution in [0.5, 0.6) is 0 Å². The van der Waals surface area contributed by atoms with E-state index in [-0.39, 0.29) is 0 Å². The highest BCUT2D eigenvalue weighted by molar-refractivity contribution is 5.79. The van der Waals surface area contributed by atoms with Crippen LogP contribution in [0.1, 0.15) is 5.56 Å². The smallest absolute Gasteiger partial charge is 0.156 e. The Morgan fingerprint density at radius 1 is 1.29 bits per heavy atom. The summed E-state index contributed by atoms with van der Waals surface area (Å²) < 4.78 is 0. The molecule has 3 rings (SSSR count). The van der Waals surface area contributed by atoms with Crippen LogP contribution in [0.15, 0.2) is 30.7 Å². The fourth-order valence-corrected chi connectivity index (χ4v) is 1.78. The first-order valence-electron chi connectivity index (χ1n) is 5.27. The number of aromatic nitrogens is 4. The lowest BCUT2D eigenvalue weighted by Crippen LogP contribution is -1.95. The Morgan fingerprint density at radius 2 is 2.18 bits per heavy atom. The van der Waals surface area contributed by atoms with Crippen molar-refractivity contribution in [3.63, 3.8) is 0 Å². The molecule has 0 aliphatic carbocycles. The lowest BCUT2D eigenvalue weighted by Gasteiger charge is -2.03. The predicted molar refractivity (Wildman–Crippen MR) is 66.3 cm³/mol. The summed E-state index contributed by atoms with van der Waals surface area (Å²) >= 11 is 0. The Labute approximate surface area is 97.7 Å². The minimum atomic E-state index is 0.467. The third-order valence-electron chi connectivity index (χ3n) is 2.69. The second-order valence-corrected chi connectivity index (χ2v) is 3.86. The lowest BCUT2D eigenvalue weighted by atomic mass is 10.2. The maximum atomic E-state index is 5.82. The fraction of sp³-hybridized carbons (Fsp3) is 0.0833. The van der Waals surface area contributed by atoms with Crippen molar-refractivity contribution < 1.29 is 0 Å². The summed E-state index contributed by atoms with van der Waals surface area (Å²) in [6.45, 7) is 1.99. The molecule has 0 saturated carbocycles. The number of aromatic amines is 1. The Bertz CT molecular complexity index is 686. The highest BCUT2D eigenvalue weighted by atomic mass is 14.9. The summed E-state index contributed by atoms with van der Waals surface area (Å²) in [5.41, 5.74) is 10.1. The van der Waals surface area contributed by atoms with Gasteiger partial charge < -0.3 is 10.7 Å². The summed E-state index contributed by atoms with van der Waals surface area (Å²) in [6.07, 6.45) is 5.25. The molecule has 0 aromatic carbocycles. The number of anilines is 1. The molecule has 17 heavy (non-hydrogen) atoms. The van der Waals surface area contributed by atoms with Gasteiger partial charge in [0.15, 0.2) is 5.65 Å². The van der Waals surface area contributed by atoms with Gasteiger partial charge in [-0.25, -0.2) is 15.0 Å². The van der Waals surface area contributed by atoms with Gasteiger partial charge in [0.2, 0.25) is 0 Å². The van der Waals surface area contributed by atoms with E-state index in [0.717, 1.165) is 28.0 Å². The molecule has 0 radical (unpaired) electrons. The largest absolute Gasteiger partial charge is 0.383 e. The zero-order valence-corrected chi connectivity index (χ0v) is 9.31. The van der Waals surface area contributed by atoms with Crippen LogP contribution < -0.4 is 5.73 Å². The molecule has 3 aromatic heterocycles. The summed E-state index contributed by atoms with van der Waals surface area (Å²) in [5.74, 6) is 0.467. The van der Waals surface area contributed by atoms with E-state index < -0.39 is 0 Å². The average Bonchev–Trinajstić information content (AvgIpc) is 2.71. The minimum Gasteiger partial charge on any atom is -0.383 e. The van der Waals surface area contributed by atoms with Crippen molar-refractivity contribution in [3.05, 3.63) is 36.3 Å². The van der Waals surface area contributed by atoms with E-state index in [1.807, 2.05) is 25.3 Å². The van der Waals surface area contributed by atoms with Gasteiger partial charge >= 0.3 is 0 Å². The van der Waals surface area contributed by atoms with Crippen molar-refractivity contribution in [2.75, 3.05) is 5.73 Å². The van der Waals surface area contributed by atoms with E-state index in [1.165, 1.54) is 0 Å². The molecule has 3 heterocycles. The van der Waals surface area contributed by atoms with Crippen molar-refractivity contribution in [2.45, 2.75) is 6.92 Å².